The van der Waals surface area contributed by atoms with E-state index in [0.29, 0.717) is 17.1 Å². The Kier molecular flexibility index (Phi) is 4.11. The summed E-state index contributed by atoms with van der Waals surface area (Å²) in [6, 6.07) is 5.65. The van der Waals surface area contributed by atoms with Crippen LogP contribution < -0.4 is 4.87 Å². The average molecular weight is 280 g/mol. The van der Waals surface area contributed by atoms with E-state index in [9.17, 15) is 14.3 Å². The maximum absolute atomic E-state index is 12.7. The first-order valence-corrected chi connectivity index (χ1v) is 6.65. The van der Waals surface area contributed by atoms with Crippen molar-refractivity contribution in [2.45, 2.75) is 19.9 Å². The van der Waals surface area contributed by atoms with E-state index >= 15 is 0 Å². The summed E-state index contributed by atoms with van der Waals surface area (Å²) in [6.45, 7) is 2.40. The Labute approximate surface area is 113 Å². The molecule has 0 unspecified atom stereocenters. The molecular formula is C13H13FN2O2S. The summed E-state index contributed by atoms with van der Waals surface area (Å²) in [6.07, 6.45) is 2.18. The molecule has 0 saturated heterocycles. The van der Waals surface area contributed by atoms with E-state index in [1.807, 2.05) is 6.92 Å². The molecule has 0 amide bonds. The van der Waals surface area contributed by atoms with Gasteiger partial charge in [-0.3, -0.25) is 14.4 Å². The van der Waals surface area contributed by atoms with Crippen molar-refractivity contribution in [1.29, 1.82) is 0 Å². The number of rotatable bonds is 4. The number of aromatic hydroxyl groups is 1. The van der Waals surface area contributed by atoms with Gasteiger partial charge in [-0.25, -0.2) is 4.39 Å². The van der Waals surface area contributed by atoms with E-state index in [1.165, 1.54) is 35.0 Å². The summed E-state index contributed by atoms with van der Waals surface area (Å²) < 4.78 is 14.0. The van der Waals surface area contributed by atoms with E-state index in [1.54, 1.807) is 0 Å². The average Bonchev–Trinajstić information content (AvgIpc) is 2.66. The van der Waals surface area contributed by atoms with Gasteiger partial charge in [-0.15, -0.1) is 0 Å². The maximum Gasteiger partial charge on any atom is 0.310 e. The van der Waals surface area contributed by atoms with Crippen LogP contribution in [0.2, 0.25) is 0 Å². The number of benzene rings is 1. The molecule has 19 heavy (non-hydrogen) atoms. The highest BCUT2D eigenvalue weighted by Crippen LogP contribution is 2.19. The lowest BCUT2D eigenvalue weighted by atomic mass is 10.3. The van der Waals surface area contributed by atoms with Crippen molar-refractivity contribution >= 4 is 23.2 Å². The molecule has 2 rings (SSSR count). The van der Waals surface area contributed by atoms with Crippen molar-refractivity contribution < 1.29 is 9.50 Å². The predicted octanol–water partition coefficient (Wildman–Crippen LogP) is 2.92. The quantitative estimate of drug-likeness (QED) is 0.875. The first-order valence-electron chi connectivity index (χ1n) is 5.84. The lowest BCUT2D eigenvalue weighted by Gasteiger charge is -1.99. The number of hydrogen-bond donors (Lipinski definition) is 1. The van der Waals surface area contributed by atoms with Crippen LogP contribution in [0.4, 0.5) is 10.1 Å². The smallest absolute Gasteiger partial charge is 0.310 e. The number of halogens is 1. The molecule has 1 aromatic heterocycles. The number of aromatic nitrogens is 1. The molecule has 0 aliphatic rings. The van der Waals surface area contributed by atoms with E-state index in [0.717, 1.165) is 17.8 Å². The Morgan fingerprint density at radius 1 is 1.42 bits per heavy atom. The van der Waals surface area contributed by atoms with Gasteiger partial charge in [0.1, 0.15) is 10.7 Å². The van der Waals surface area contributed by atoms with E-state index < -0.39 is 0 Å². The van der Waals surface area contributed by atoms with E-state index in [4.69, 9.17) is 0 Å². The monoisotopic (exact) mass is 280 g/mol. The Morgan fingerprint density at radius 2 is 2.11 bits per heavy atom. The molecule has 6 heteroatoms. The molecule has 1 N–H and O–H groups in total. The van der Waals surface area contributed by atoms with Gasteiger partial charge in [-0.2, -0.15) is 0 Å². The molecule has 2 aromatic rings. The third kappa shape index (κ3) is 3.08. The molecule has 100 valence electrons. The Balaban J connectivity index is 2.26. The zero-order chi connectivity index (χ0) is 13.8. The lowest BCUT2D eigenvalue weighted by Crippen LogP contribution is -2.11. The van der Waals surface area contributed by atoms with Crippen LogP contribution in [-0.2, 0) is 6.54 Å². The molecule has 0 atom stereocenters. The molecule has 0 aliphatic carbocycles. The minimum Gasteiger partial charge on any atom is -0.493 e. The van der Waals surface area contributed by atoms with Gasteiger partial charge in [0.25, 0.3) is 0 Å². The summed E-state index contributed by atoms with van der Waals surface area (Å²) in [5, 5.41) is 9.89. The maximum atomic E-state index is 12.7. The van der Waals surface area contributed by atoms with Crippen molar-refractivity contribution in [2.24, 2.45) is 4.99 Å². The molecule has 0 bridgehead atoms. The number of aliphatic imine (C=N–C) groups is 1. The highest BCUT2D eigenvalue weighted by molar-refractivity contribution is 7.11. The van der Waals surface area contributed by atoms with Crippen LogP contribution in [0.3, 0.4) is 0 Å². The molecule has 4 nitrogen and oxygen atoms in total. The van der Waals surface area contributed by atoms with Crippen LogP contribution >= 0.6 is 11.3 Å². The Morgan fingerprint density at radius 3 is 2.74 bits per heavy atom. The van der Waals surface area contributed by atoms with Gasteiger partial charge in [-0.05, 0) is 30.7 Å². The molecule has 0 radical (unpaired) electrons. The van der Waals surface area contributed by atoms with Crippen LogP contribution in [0.1, 0.15) is 18.2 Å². The molecular weight excluding hydrogens is 267 g/mol. The first-order chi connectivity index (χ1) is 9.11. The van der Waals surface area contributed by atoms with Crippen LogP contribution in [0, 0.1) is 5.82 Å². The predicted molar refractivity (Wildman–Crippen MR) is 74.2 cm³/mol. The largest absolute Gasteiger partial charge is 0.493 e. The lowest BCUT2D eigenvalue weighted by molar-refractivity contribution is 0.411. The molecule has 1 aromatic carbocycles. The SMILES string of the molecule is CCCn1c(O)c(C=Nc2ccc(F)cc2)sc1=O. The second kappa shape index (κ2) is 5.79. The zero-order valence-corrected chi connectivity index (χ0v) is 11.2. The summed E-state index contributed by atoms with van der Waals surface area (Å²) in [5.41, 5.74) is 0.559. The van der Waals surface area contributed by atoms with Crippen LogP contribution in [-0.4, -0.2) is 15.9 Å². The first kappa shape index (κ1) is 13.5. The van der Waals surface area contributed by atoms with Gasteiger partial charge in [0.2, 0.25) is 5.88 Å². The number of nitrogens with zero attached hydrogens (tertiary/aromatic N) is 2. The van der Waals surface area contributed by atoms with Crippen LogP contribution in [0.15, 0.2) is 34.1 Å². The molecule has 0 aliphatic heterocycles. The summed E-state index contributed by atoms with van der Waals surface area (Å²) in [7, 11) is 0. The number of hydrogen-bond acceptors (Lipinski definition) is 4. The van der Waals surface area contributed by atoms with Crippen molar-refractivity contribution in [3.63, 3.8) is 0 Å². The van der Waals surface area contributed by atoms with E-state index in [2.05, 4.69) is 4.99 Å². The van der Waals surface area contributed by atoms with Gasteiger partial charge in [0.05, 0.1) is 11.9 Å². The van der Waals surface area contributed by atoms with Gasteiger partial charge in [0, 0.05) is 6.54 Å². The molecule has 1 heterocycles. The van der Waals surface area contributed by atoms with Gasteiger partial charge < -0.3 is 5.11 Å². The van der Waals surface area contributed by atoms with Crippen LogP contribution in [0.5, 0.6) is 5.88 Å². The minimum atomic E-state index is -0.333. The highest BCUT2D eigenvalue weighted by atomic mass is 32.1. The van der Waals surface area contributed by atoms with Crippen molar-refractivity contribution in [1.82, 2.24) is 4.57 Å². The fourth-order valence-corrected chi connectivity index (χ4v) is 2.36. The Hall–Kier alpha value is -1.95. The van der Waals surface area contributed by atoms with Crippen molar-refractivity contribution in [2.75, 3.05) is 0 Å². The second-order valence-electron chi connectivity index (χ2n) is 3.94. The molecule has 0 saturated carbocycles. The fraction of sp³-hybridized carbons (Fsp3) is 0.231. The standard InChI is InChI=1S/C13H13FN2O2S/c1-2-7-16-12(17)11(19-13(16)18)8-15-10-5-3-9(14)4-6-10/h3-6,8,17H,2,7H2,1H3. The summed E-state index contributed by atoms with van der Waals surface area (Å²) in [4.78, 5) is 15.9. The van der Waals surface area contributed by atoms with Gasteiger partial charge in [-0.1, -0.05) is 18.3 Å². The zero-order valence-electron chi connectivity index (χ0n) is 10.3. The highest BCUT2D eigenvalue weighted by Gasteiger charge is 2.11. The Bertz CT molecular complexity index is 644. The van der Waals surface area contributed by atoms with Gasteiger partial charge in [0.15, 0.2) is 0 Å². The van der Waals surface area contributed by atoms with E-state index in [-0.39, 0.29) is 16.6 Å². The van der Waals surface area contributed by atoms with Crippen molar-refractivity contribution in [3.8, 4) is 5.88 Å². The summed E-state index contributed by atoms with van der Waals surface area (Å²) in [5.74, 6) is -0.400. The second-order valence-corrected chi connectivity index (χ2v) is 4.94. The normalized spacial score (nSPS) is 11.3. The molecule has 0 fully saturated rings. The third-order valence-corrected chi connectivity index (χ3v) is 3.40. The van der Waals surface area contributed by atoms with Gasteiger partial charge >= 0.3 is 4.87 Å². The number of thiazole rings is 1. The molecule has 0 spiro atoms. The van der Waals surface area contributed by atoms with Crippen LogP contribution in [0.25, 0.3) is 0 Å². The third-order valence-electron chi connectivity index (χ3n) is 2.50. The minimum absolute atomic E-state index is 0.0669. The topological polar surface area (TPSA) is 54.6 Å². The fourth-order valence-electron chi connectivity index (χ4n) is 1.58. The summed E-state index contributed by atoms with van der Waals surface area (Å²) >= 11 is 0.937. The van der Waals surface area contributed by atoms with Crippen molar-refractivity contribution in [3.05, 3.63) is 44.6 Å².